The summed E-state index contributed by atoms with van der Waals surface area (Å²) >= 11 is 0. The molecule has 0 saturated carbocycles. The summed E-state index contributed by atoms with van der Waals surface area (Å²) < 4.78 is 0. The molecule has 0 radical (unpaired) electrons. The minimum Gasteiger partial charge on any atom is -0.365 e. The maximum absolute atomic E-state index is 4.20. The van der Waals surface area contributed by atoms with E-state index < -0.39 is 0 Å². The average Bonchev–Trinajstić information content (AvgIpc) is 2.66. The van der Waals surface area contributed by atoms with Crippen molar-refractivity contribution in [2.45, 2.75) is 26.8 Å². The molecule has 5 heteroatoms. The Labute approximate surface area is 88.4 Å². The molecule has 2 rings (SSSR count). The van der Waals surface area contributed by atoms with E-state index in [2.05, 4.69) is 46.0 Å². The zero-order chi connectivity index (χ0) is 10.8. The van der Waals surface area contributed by atoms with Crippen molar-refractivity contribution >= 4 is 17.0 Å². The lowest BCUT2D eigenvalue weighted by atomic mass is 10.1. The highest BCUT2D eigenvalue weighted by Crippen LogP contribution is 2.17. The maximum Gasteiger partial charge on any atom is 0.162 e. The van der Waals surface area contributed by atoms with E-state index in [0.29, 0.717) is 12.0 Å². The zero-order valence-electron chi connectivity index (χ0n) is 9.15. The van der Waals surface area contributed by atoms with Crippen molar-refractivity contribution in [2.75, 3.05) is 5.32 Å². The standard InChI is InChI=1S/C10H15N5/c1-6(2)7(3)15-10-8-9(12-4-11-8)13-5-14-10/h4-7H,1-3H3,(H2,11,12,13,14,15). The highest BCUT2D eigenvalue weighted by atomic mass is 15.1. The lowest BCUT2D eigenvalue weighted by molar-refractivity contribution is 0.558. The first-order valence-electron chi connectivity index (χ1n) is 5.09. The molecule has 0 aliphatic carbocycles. The largest absolute Gasteiger partial charge is 0.365 e. The van der Waals surface area contributed by atoms with Gasteiger partial charge in [0.1, 0.15) is 11.8 Å². The number of rotatable bonds is 3. The van der Waals surface area contributed by atoms with Gasteiger partial charge >= 0.3 is 0 Å². The molecule has 1 atom stereocenters. The van der Waals surface area contributed by atoms with Gasteiger partial charge in [0.25, 0.3) is 0 Å². The number of imidazole rings is 1. The molecule has 5 nitrogen and oxygen atoms in total. The van der Waals surface area contributed by atoms with Crippen LogP contribution in [0.2, 0.25) is 0 Å². The topological polar surface area (TPSA) is 66.5 Å². The second-order valence-corrected chi connectivity index (χ2v) is 4.00. The summed E-state index contributed by atoms with van der Waals surface area (Å²) in [5.74, 6) is 1.34. The first kappa shape index (κ1) is 9.89. The predicted molar refractivity (Wildman–Crippen MR) is 59.6 cm³/mol. The molecule has 0 bridgehead atoms. The van der Waals surface area contributed by atoms with Crippen molar-refractivity contribution in [1.29, 1.82) is 0 Å². The van der Waals surface area contributed by atoms with E-state index in [9.17, 15) is 0 Å². The minimum absolute atomic E-state index is 0.361. The maximum atomic E-state index is 4.20. The molecular weight excluding hydrogens is 190 g/mol. The first-order valence-corrected chi connectivity index (χ1v) is 5.09. The smallest absolute Gasteiger partial charge is 0.162 e. The third-order valence-corrected chi connectivity index (χ3v) is 2.58. The summed E-state index contributed by atoms with van der Waals surface area (Å²) in [5.41, 5.74) is 1.56. The SMILES string of the molecule is CC(C)C(C)Nc1ncnc2[nH]cnc12. The molecule has 2 N–H and O–H groups in total. The molecule has 0 aliphatic rings. The monoisotopic (exact) mass is 205 g/mol. The summed E-state index contributed by atoms with van der Waals surface area (Å²) in [6.45, 7) is 6.46. The number of nitrogens with one attached hydrogen (secondary N) is 2. The van der Waals surface area contributed by atoms with Gasteiger partial charge in [0.2, 0.25) is 0 Å². The van der Waals surface area contributed by atoms with E-state index >= 15 is 0 Å². The van der Waals surface area contributed by atoms with Gasteiger partial charge in [0.15, 0.2) is 11.5 Å². The molecule has 2 heterocycles. The fourth-order valence-electron chi connectivity index (χ4n) is 1.25. The highest BCUT2D eigenvalue weighted by Gasteiger charge is 2.11. The van der Waals surface area contributed by atoms with Gasteiger partial charge < -0.3 is 10.3 Å². The fourth-order valence-corrected chi connectivity index (χ4v) is 1.25. The van der Waals surface area contributed by atoms with Crippen LogP contribution in [0.15, 0.2) is 12.7 Å². The molecule has 0 amide bonds. The van der Waals surface area contributed by atoms with Crippen LogP contribution in [0.1, 0.15) is 20.8 Å². The summed E-state index contributed by atoms with van der Waals surface area (Å²) in [6, 6.07) is 0.361. The molecule has 2 aromatic heterocycles. The predicted octanol–water partition coefficient (Wildman–Crippen LogP) is 1.81. The van der Waals surface area contributed by atoms with E-state index in [1.165, 1.54) is 6.33 Å². The summed E-state index contributed by atoms with van der Waals surface area (Å²) in [6.07, 6.45) is 3.17. The van der Waals surface area contributed by atoms with E-state index in [0.717, 1.165) is 17.0 Å². The molecule has 2 aromatic rings. The van der Waals surface area contributed by atoms with Gasteiger partial charge in [-0.25, -0.2) is 15.0 Å². The van der Waals surface area contributed by atoms with Crippen LogP contribution >= 0.6 is 0 Å². The molecule has 1 unspecified atom stereocenters. The van der Waals surface area contributed by atoms with Crippen LogP contribution in [0.5, 0.6) is 0 Å². The van der Waals surface area contributed by atoms with Crippen LogP contribution in [0.25, 0.3) is 11.2 Å². The van der Waals surface area contributed by atoms with Crippen molar-refractivity contribution in [2.24, 2.45) is 5.92 Å². The third-order valence-electron chi connectivity index (χ3n) is 2.58. The van der Waals surface area contributed by atoms with Gasteiger partial charge in [-0.3, -0.25) is 0 Å². The Hall–Kier alpha value is -1.65. The van der Waals surface area contributed by atoms with Gasteiger partial charge in [0, 0.05) is 6.04 Å². The number of fused-ring (bicyclic) bond motifs is 1. The molecule has 0 fully saturated rings. The van der Waals surface area contributed by atoms with Crippen LogP contribution in [-0.4, -0.2) is 26.0 Å². The Morgan fingerprint density at radius 1 is 1.20 bits per heavy atom. The number of anilines is 1. The van der Waals surface area contributed by atoms with Crippen LogP contribution < -0.4 is 5.32 Å². The van der Waals surface area contributed by atoms with Crippen LogP contribution in [-0.2, 0) is 0 Å². The Balaban J connectivity index is 2.31. The number of hydrogen-bond donors (Lipinski definition) is 2. The lowest BCUT2D eigenvalue weighted by Crippen LogP contribution is -2.22. The molecule has 0 aliphatic heterocycles. The quantitative estimate of drug-likeness (QED) is 0.802. The lowest BCUT2D eigenvalue weighted by Gasteiger charge is -2.17. The van der Waals surface area contributed by atoms with E-state index in [-0.39, 0.29) is 0 Å². The van der Waals surface area contributed by atoms with Gasteiger partial charge in [-0.15, -0.1) is 0 Å². The molecule has 80 valence electrons. The molecule has 0 spiro atoms. The molecule has 0 saturated heterocycles. The van der Waals surface area contributed by atoms with Gasteiger partial charge in [-0.2, -0.15) is 0 Å². The fraction of sp³-hybridized carbons (Fsp3) is 0.500. The van der Waals surface area contributed by atoms with Crippen molar-refractivity contribution in [3.8, 4) is 0 Å². The Morgan fingerprint density at radius 3 is 2.73 bits per heavy atom. The van der Waals surface area contributed by atoms with E-state index in [4.69, 9.17) is 0 Å². The summed E-state index contributed by atoms with van der Waals surface area (Å²) in [7, 11) is 0. The third kappa shape index (κ3) is 1.91. The average molecular weight is 205 g/mol. The second-order valence-electron chi connectivity index (χ2n) is 4.00. The number of hydrogen-bond acceptors (Lipinski definition) is 4. The second kappa shape index (κ2) is 3.84. The van der Waals surface area contributed by atoms with Gasteiger partial charge in [-0.1, -0.05) is 13.8 Å². The number of aromatic nitrogens is 4. The zero-order valence-corrected chi connectivity index (χ0v) is 9.15. The van der Waals surface area contributed by atoms with Gasteiger partial charge in [0.05, 0.1) is 6.33 Å². The Morgan fingerprint density at radius 2 is 2.00 bits per heavy atom. The number of nitrogens with zero attached hydrogens (tertiary/aromatic N) is 3. The van der Waals surface area contributed by atoms with Crippen LogP contribution in [0, 0.1) is 5.92 Å². The van der Waals surface area contributed by atoms with E-state index in [1.54, 1.807) is 6.33 Å². The normalized spacial score (nSPS) is 13.3. The van der Waals surface area contributed by atoms with Gasteiger partial charge in [-0.05, 0) is 12.8 Å². The van der Waals surface area contributed by atoms with Crippen molar-refractivity contribution < 1.29 is 0 Å². The molecule has 0 aromatic carbocycles. The number of aromatic amines is 1. The van der Waals surface area contributed by atoms with Crippen molar-refractivity contribution in [3.63, 3.8) is 0 Å². The Kier molecular flexibility index (Phi) is 2.53. The molecule has 15 heavy (non-hydrogen) atoms. The van der Waals surface area contributed by atoms with E-state index in [1.807, 2.05) is 0 Å². The molecular formula is C10H15N5. The highest BCUT2D eigenvalue weighted by molar-refractivity contribution is 5.81. The first-order chi connectivity index (χ1) is 7.18. The van der Waals surface area contributed by atoms with Crippen LogP contribution in [0.4, 0.5) is 5.82 Å². The minimum atomic E-state index is 0.361. The van der Waals surface area contributed by atoms with Crippen molar-refractivity contribution in [3.05, 3.63) is 12.7 Å². The van der Waals surface area contributed by atoms with Crippen LogP contribution in [0.3, 0.4) is 0 Å². The van der Waals surface area contributed by atoms with Crippen molar-refractivity contribution in [1.82, 2.24) is 19.9 Å². The Bertz CT molecular complexity index is 448. The summed E-state index contributed by atoms with van der Waals surface area (Å²) in [5, 5.41) is 3.34. The number of H-pyrrole nitrogens is 1. The summed E-state index contributed by atoms with van der Waals surface area (Å²) in [4.78, 5) is 15.4.